The van der Waals surface area contributed by atoms with Crippen LogP contribution in [0.15, 0.2) is 58.7 Å². The number of aromatic nitrogens is 5. The molecular formula is C19H16FN5O2S. The maximum absolute atomic E-state index is 14.1. The van der Waals surface area contributed by atoms with Crippen LogP contribution in [-0.4, -0.2) is 31.5 Å². The molecule has 0 spiro atoms. The fraction of sp³-hybridized carbons (Fsp3) is 0.158. The number of ether oxygens (including phenoxy) is 1. The molecule has 3 heterocycles. The first-order valence-corrected chi connectivity index (χ1v) is 9.40. The molecule has 7 nitrogen and oxygen atoms in total. The topological polar surface area (TPSA) is 74.3 Å². The number of aryl methyl sites for hydroxylation is 1. The minimum atomic E-state index is -0.720. The first kappa shape index (κ1) is 18.2. The minimum absolute atomic E-state index is 0.212. The monoisotopic (exact) mass is 397 g/mol. The van der Waals surface area contributed by atoms with Crippen molar-refractivity contribution < 1.29 is 9.13 Å². The van der Waals surface area contributed by atoms with Crippen LogP contribution in [0.1, 0.15) is 11.1 Å². The summed E-state index contributed by atoms with van der Waals surface area (Å²) in [7, 11) is 1.51. The van der Waals surface area contributed by atoms with E-state index in [-0.39, 0.29) is 5.52 Å². The molecule has 3 aromatic heterocycles. The molecule has 142 valence electrons. The van der Waals surface area contributed by atoms with Crippen LogP contribution in [0.5, 0.6) is 5.88 Å². The number of methoxy groups -OCH3 is 1. The van der Waals surface area contributed by atoms with Gasteiger partial charge in [0.25, 0.3) is 5.56 Å². The number of benzene rings is 1. The molecule has 0 aliphatic carbocycles. The van der Waals surface area contributed by atoms with E-state index in [0.717, 1.165) is 16.4 Å². The van der Waals surface area contributed by atoms with E-state index in [0.29, 0.717) is 22.5 Å². The molecule has 0 aliphatic heterocycles. The zero-order valence-corrected chi connectivity index (χ0v) is 16.0. The number of rotatable bonds is 5. The van der Waals surface area contributed by atoms with Gasteiger partial charge in [-0.2, -0.15) is 5.10 Å². The van der Waals surface area contributed by atoms with Crippen LogP contribution in [-0.2, 0) is 5.75 Å². The second-order valence-corrected chi connectivity index (χ2v) is 7.03. The van der Waals surface area contributed by atoms with Crippen molar-refractivity contribution in [1.82, 2.24) is 24.4 Å². The van der Waals surface area contributed by atoms with E-state index in [1.807, 2.05) is 31.2 Å². The van der Waals surface area contributed by atoms with E-state index in [1.165, 1.54) is 35.2 Å². The highest BCUT2D eigenvalue weighted by atomic mass is 32.2. The molecule has 0 saturated heterocycles. The molecule has 0 fully saturated rings. The van der Waals surface area contributed by atoms with Crippen LogP contribution in [0.25, 0.3) is 11.2 Å². The molecule has 0 saturated carbocycles. The summed E-state index contributed by atoms with van der Waals surface area (Å²) >= 11 is 1.36. The Hall–Kier alpha value is -3.20. The Morgan fingerprint density at radius 3 is 2.61 bits per heavy atom. The summed E-state index contributed by atoms with van der Waals surface area (Å²) in [6, 6.07) is 11.4. The standard InChI is InChI=1S/C19H16FN5O2S/c1-12-3-5-13(6-4-12)11-28-19-23-25-17(15(20)10-22-25)18(26)24(19)14-7-8-16(27-2)21-9-14/h3-10H,11H2,1-2H3. The van der Waals surface area contributed by atoms with Gasteiger partial charge in [0.15, 0.2) is 16.5 Å². The Kier molecular flexibility index (Phi) is 4.82. The lowest BCUT2D eigenvalue weighted by molar-refractivity contribution is 0.397. The number of hydrogen-bond acceptors (Lipinski definition) is 6. The molecule has 0 atom stereocenters. The van der Waals surface area contributed by atoms with Gasteiger partial charge in [-0.1, -0.05) is 41.6 Å². The van der Waals surface area contributed by atoms with Gasteiger partial charge < -0.3 is 4.74 Å². The van der Waals surface area contributed by atoms with E-state index < -0.39 is 11.4 Å². The van der Waals surface area contributed by atoms with E-state index in [4.69, 9.17) is 4.74 Å². The molecule has 0 radical (unpaired) electrons. The lowest BCUT2D eigenvalue weighted by Crippen LogP contribution is -2.25. The quantitative estimate of drug-likeness (QED) is 0.482. The van der Waals surface area contributed by atoms with Gasteiger partial charge in [-0.25, -0.2) is 9.37 Å². The maximum atomic E-state index is 14.1. The highest BCUT2D eigenvalue weighted by Crippen LogP contribution is 2.23. The highest BCUT2D eigenvalue weighted by Gasteiger charge is 2.18. The molecule has 0 unspecified atom stereocenters. The average Bonchev–Trinajstić information content (AvgIpc) is 3.09. The highest BCUT2D eigenvalue weighted by molar-refractivity contribution is 7.98. The molecular weight excluding hydrogens is 381 g/mol. The van der Waals surface area contributed by atoms with Crippen LogP contribution in [0.2, 0.25) is 0 Å². The summed E-state index contributed by atoms with van der Waals surface area (Å²) in [4.78, 5) is 17.1. The zero-order valence-electron chi connectivity index (χ0n) is 15.2. The molecule has 4 aromatic rings. The van der Waals surface area contributed by atoms with Gasteiger partial charge in [0.1, 0.15) is 0 Å². The Balaban J connectivity index is 1.81. The second-order valence-electron chi connectivity index (χ2n) is 6.09. The van der Waals surface area contributed by atoms with Crippen molar-refractivity contribution in [2.45, 2.75) is 17.8 Å². The lowest BCUT2D eigenvalue weighted by Gasteiger charge is -2.12. The van der Waals surface area contributed by atoms with Crippen LogP contribution in [0.4, 0.5) is 4.39 Å². The van der Waals surface area contributed by atoms with Crippen LogP contribution in [0, 0.1) is 12.7 Å². The third-order valence-corrected chi connectivity index (χ3v) is 5.16. The van der Waals surface area contributed by atoms with Crippen LogP contribution < -0.4 is 10.3 Å². The smallest absolute Gasteiger partial charge is 0.288 e. The Morgan fingerprint density at radius 2 is 1.93 bits per heavy atom. The summed E-state index contributed by atoms with van der Waals surface area (Å²) in [6.45, 7) is 2.02. The van der Waals surface area contributed by atoms with Crippen molar-refractivity contribution in [3.05, 3.63) is 76.1 Å². The van der Waals surface area contributed by atoms with Crippen molar-refractivity contribution >= 4 is 17.3 Å². The van der Waals surface area contributed by atoms with Crippen molar-refractivity contribution in [3.63, 3.8) is 0 Å². The molecule has 9 heteroatoms. The van der Waals surface area contributed by atoms with E-state index >= 15 is 0 Å². The molecule has 0 aliphatic rings. The number of hydrogen-bond donors (Lipinski definition) is 0. The van der Waals surface area contributed by atoms with E-state index in [1.54, 1.807) is 12.1 Å². The maximum Gasteiger partial charge on any atom is 0.288 e. The van der Waals surface area contributed by atoms with Gasteiger partial charge in [-0.3, -0.25) is 9.36 Å². The first-order chi connectivity index (χ1) is 13.6. The van der Waals surface area contributed by atoms with Gasteiger partial charge in [-0.05, 0) is 18.6 Å². The Labute approximate surface area is 163 Å². The third-order valence-electron chi connectivity index (χ3n) is 4.16. The first-order valence-electron chi connectivity index (χ1n) is 8.42. The van der Waals surface area contributed by atoms with E-state index in [9.17, 15) is 9.18 Å². The second kappa shape index (κ2) is 7.43. The molecule has 4 rings (SSSR count). The van der Waals surface area contributed by atoms with Gasteiger partial charge in [0.2, 0.25) is 5.88 Å². The molecule has 0 N–H and O–H groups in total. The number of thioether (sulfide) groups is 1. The number of pyridine rings is 1. The molecule has 0 amide bonds. The van der Waals surface area contributed by atoms with Crippen LogP contribution >= 0.6 is 11.8 Å². The lowest BCUT2D eigenvalue weighted by atomic mass is 10.2. The predicted octanol–water partition coefficient (Wildman–Crippen LogP) is 3.02. The molecule has 0 bridgehead atoms. The Bertz CT molecular complexity index is 1190. The largest absolute Gasteiger partial charge is 0.481 e. The van der Waals surface area contributed by atoms with Gasteiger partial charge in [0.05, 0.1) is 25.2 Å². The fourth-order valence-corrected chi connectivity index (χ4v) is 3.62. The summed E-state index contributed by atoms with van der Waals surface area (Å²) in [6.07, 6.45) is 2.47. The van der Waals surface area contributed by atoms with Gasteiger partial charge >= 0.3 is 0 Å². The normalized spacial score (nSPS) is 11.1. The Morgan fingerprint density at radius 1 is 1.14 bits per heavy atom. The summed E-state index contributed by atoms with van der Waals surface area (Å²) < 4.78 is 21.5. The molecule has 28 heavy (non-hydrogen) atoms. The SMILES string of the molecule is COc1ccc(-n2c(SCc3ccc(C)cc3)nn3ncc(F)c3c2=O)cn1. The third kappa shape index (κ3) is 3.36. The summed E-state index contributed by atoms with van der Waals surface area (Å²) in [5, 5.41) is 8.56. The van der Waals surface area contributed by atoms with Crippen molar-refractivity contribution in [2.75, 3.05) is 7.11 Å². The fourth-order valence-electron chi connectivity index (χ4n) is 2.68. The summed E-state index contributed by atoms with van der Waals surface area (Å²) in [5.74, 6) is 0.281. The number of nitrogens with zero attached hydrogens (tertiary/aromatic N) is 5. The number of halogens is 1. The van der Waals surface area contributed by atoms with Crippen LogP contribution in [0.3, 0.4) is 0 Å². The minimum Gasteiger partial charge on any atom is -0.481 e. The predicted molar refractivity (Wildman–Crippen MR) is 104 cm³/mol. The van der Waals surface area contributed by atoms with Crippen molar-refractivity contribution in [2.24, 2.45) is 0 Å². The van der Waals surface area contributed by atoms with Gasteiger partial charge in [0, 0.05) is 11.8 Å². The summed E-state index contributed by atoms with van der Waals surface area (Å²) in [5.41, 5.74) is 1.95. The van der Waals surface area contributed by atoms with E-state index in [2.05, 4.69) is 15.2 Å². The van der Waals surface area contributed by atoms with Crippen molar-refractivity contribution in [1.29, 1.82) is 0 Å². The van der Waals surface area contributed by atoms with Gasteiger partial charge in [-0.15, -0.1) is 9.73 Å². The number of fused-ring (bicyclic) bond motifs is 1. The zero-order chi connectivity index (χ0) is 19.7. The average molecular weight is 397 g/mol. The van der Waals surface area contributed by atoms with Crippen molar-refractivity contribution in [3.8, 4) is 11.6 Å². The molecule has 1 aromatic carbocycles.